The van der Waals surface area contributed by atoms with E-state index in [1.165, 1.54) is 0 Å². The van der Waals surface area contributed by atoms with E-state index in [9.17, 15) is 9.59 Å². The second-order valence-corrected chi connectivity index (χ2v) is 4.54. The number of nitriles is 1. The van der Waals surface area contributed by atoms with Crippen molar-refractivity contribution in [2.75, 3.05) is 13.1 Å². The van der Waals surface area contributed by atoms with Crippen LogP contribution in [0.3, 0.4) is 0 Å². The van der Waals surface area contributed by atoms with Gasteiger partial charge >= 0.3 is 0 Å². The SMILES string of the molecule is CC(C)(C)C(=O)NCCCNC(=O)CC#N. The highest BCUT2D eigenvalue weighted by molar-refractivity contribution is 5.81. The topological polar surface area (TPSA) is 82.0 Å². The van der Waals surface area contributed by atoms with Crippen molar-refractivity contribution in [3.63, 3.8) is 0 Å². The highest BCUT2D eigenvalue weighted by Gasteiger charge is 2.19. The van der Waals surface area contributed by atoms with Crippen LogP contribution >= 0.6 is 0 Å². The summed E-state index contributed by atoms with van der Waals surface area (Å²) in [5.74, 6) is -0.277. The lowest BCUT2D eigenvalue weighted by atomic mass is 9.96. The maximum absolute atomic E-state index is 11.4. The van der Waals surface area contributed by atoms with Crippen molar-refractivity contribution in [1.82, 2.24) is 10.6 Å². The number of hydrogen-bond acceptors (Lipinski definition) is 3. The van der Waals surface area contributed by atoms with Crippen molar-refractivity contribution in [3.05, 3.63) is 0 Å². The Kier molecular flexibility index (Phi) is 6.16. The summed E-state index contributed by atoms with van der Waals surface area (Å²) in [5.41, 5.74) is -0.385. The van der Waals surface area contributed by atoms with Gasteiger partial charge in [0.25, 0.3) is 0 Å². The van der Waals surface area contributed by atoms with Crippen LogP contribution in [0.5, 0.6) is 0 Å². The lowest BCUT2D eigenvalue weighted by Gasteiger charge is -2.17. The largest absolute Gasteiger partial charge is 0.356 e. The Balaban J connectivity index is 3.52. The number of hydrogen-bond donors (Lipinski definition) is 2. The molecule has 0 rings (SSSR count). The summed E-state index contributed by atoms with van der Waals surface area (Å²) in [7, 11) is 0. The zero-order valence-electron chi connectivity index (χ0n) is 10.1. The first-order valence-corrected chi connectivity index (χ1v) is 5.30. The molecule has 2 N–H and O–H groups in total. The molecule has 0 spiro atoms. The number of amides is 2. The van der Waals surface area contributed by atoms with Crippen molar-refractivity contribution in [2.45, 2.75) is 33.6 Å². The molecule has 0 atom stereocenters. The van der Waals surface area contributed by atoms with E-state index in [0.29, 0.717) is 19.5 Å². The zero-order chi connectivity index (χ0) is 12.6. The molecule has 2 amide bonds. The van der Waals surface area contributed by atoms with E-state index in [1.54, 1.807) is 6.07 Å². The van der Waals surface area contributed by atoms with Gasteiger partial charge in [0, 0.05) is 18.5 Å². The molecule has 0 aliphatic carbocycles. The summed E-state index contributed by atoms with van der Waals surface area (Å²) in [6.07, 6.45) is 0.549. The Hall–Kier alpha value is -1.57. The quantitative estimate of drug-likeness (QED) is 0.671. The molecular weight excluding hydrogens is 206 g/mol. The smallest absolute Gasteiger partial charge is 0.234 e. The number of carbonyl (C=O) groups is 2. The van der Waals surface area contributed by atoms with Crippen LogP contribution in [-0.4, -0.2) is 24.9 Å². The fourth-order valence-corrected chi connectivity index (χ4v) is 0.918. The Labute approximate surface area is 96.2 Å². The van der Waals surface area contributed by atoms with E-state index in [-0.39, 0.29) is 23.7 Å². The van der Waals surface area contributed by atoms with E-state index in [4.69, 9.17) is 5.26 Å². The van der Waals surface area contributed by atoms with Crippen molar-refractivity contribution < 1.29 is 9.59 Å². The van der Waals surface area contributed by atoms with Gasteiger partial charge in [0.05, 0.1) is 6.07 Å². The molecule has 0 radical (unpaired) electrons. The molecule has 0 bridgehead atoms. The fourth-order valence-electron chi connectivity index (χ4n) is 0.918. The van der Waals surface area contributed by atoms with Gasteiger partial charge in [0.2, 0.25) is 11.8 Å². The zero-order valence-corrected chi connectivity index (χ0v) is 10.1. The summed E-state index contributed by atoms with van der Waals surface area (Å²) in [6, 6.07) is 1.76. The van der Waals surface area contributed by atoms with Crippen LogP contribution in [-0.2, 0) is 9.59 Å². The van der Waals surface area contributed by atoms with Gasteiger partial charge in [0.15, 0.2) is 0 Å². The number of carbonyl (C=O) groups excluding carboxylic acids is 2. The van der Waals surface area contributed by atoms with Gasteiger partial charge in [-0.1, -0.05) is 20.8 Å². The van der Waals surface area contributed by atoms with Crippen molar-refractivity contribution in [3.8, 4) is 6.07 Å². The molecule has 0 aromatic heterocycles. The Morgan fingerprint density at radius 1 is 1.19 bits per heavy atom. The summed E-state index contributed by atoms with van der Waals surface area (Å²) in [4.78, 5) is 22.3. The molecule has 0 aliphatic heterocycles. The molecule has 0 aromatic rings. The molecule has 0 aromatic carbocycles. The first-order chi connectivity index (χ1) is 7.38. The molecule has 0 fully saturated rings. The number of nitrogens with zero attached hydrogens (tertiary/aromatic N) is 1. The molecule has 0 saturated carbocycles. The van der Waals surface area contributed by atoms with Gasteiger partial charge in [-0.15, -0.1) is 0 Å². The third kappa shape index (κ3) is 6.82. The molecule has 0 saturated heterocycles. The highest BCUT2D eigenvalue weighted by atomic mass is 16.2. The van der Waals surface area contributed by atoms with Crippen LogP contribution in [0.25, 0.3) is 0 Å². The minimum Gasteiger partial charge on any atom is -0.356 e. The van der Waals surface area contributed by atoms with Crippen LogP contribution in [0, 0.1) is 16.7 Å². The van der Waals surface area contributed by atoms with Crippen molar-refractivity contribution in [1.29, 1.82) is 5.26 Å². The Bertz CT molecular complexity index is 287. The van der Waals surface area contributed by atoms with Gasteiger partial charge in [-0.2, -0.15) is 5.26 Å². The third-order valence-corrected chi connectivity index (χ3v) is 1.88. The Morgan fingerprint density at radius 3 is 2.25 bits per heavy atom. The van der Waals surface area contributed by atoms with E-state index < -0.39 is 0 Å². The molecule has 0 aliphatic rings. The van der Waals surface area contributed by atoms with Gasteiger partial charge in [-0.25, -0.2) is 0 Å². The lowest BCUT2D eigenvalue weighted by Crippen LogP contribution is -2.36. The van der Waals surface area contributed by atoms with Crippen LogP contribution in [0.4, 0.5) is 0 Å². The fraction of sp³-hybridized carbons (Fsp3) is 0.727. The highest BCUT2D eigenvalue weighted by Crippen LogP contribution is 2.11. The first-order valence-electron chi connectivity index (χ1n) is 5.30. The average molecular weight is 225 g/mol. The van der Waals surface area contributed by atoms with Gasteiger partial charge in [-0.3, -0.25) is 9.59 Å². The third-order valence-electron chi connectivity index (χ3n) is 1.88. The maximum atomic E-state index is 11.4. The van der Waals surface area contributed by atoms with Crippen LogP contribution < -0.4 is 10.6 Å². The van der Waals surface area contributed by atoms with Crippen molar-refractivity contribution in [2.24, 2.45) is 5.41 Å². The number of rotatable bonds is 5. The molecule has 90 valence electrons. The molecular formula is C11H19N3O2. The predicted molar refractivity (Wildman–Crippen MR) is 60.3 cm³/mol. The lowest BCUT2D eigenvalue weighted by molar-refractivity contribution is -0.128. The van der Waals surface area contributed by atoms with E-state index >= 15 is 0 Å². The predicted octanol–water partition coefficient (Wildman–Crippen LogP) is 0.569. The van der Waals surface area contributed by atoms with Crippen LogP contribution in [0.1, 0.15) is 33.6 Å². The summed E-state index contributed by atoms with van der Waals surface area (Å²) >= 11 is 0. The second-order valence-electron chi connectivity index (χ2n) is 4.54. The standard InChI is InChI=1S/C11H19N3O2/c1-11(2,3)10(16)14-8-4-7-13-9(15)5-6-12/h4-5,7-8H2,1-3H3,(H,13,15)(H,14,16). The summed E-state index contributed by atoms with van der Waals surface area (Å²) in [5, 5.41) is 13.6. The maximum Gasteiger partial charge on any atom is 0.234 e. The average Bonchev–Trinajstić information content (AvgIpc) is 2.16. The molecule has 5 nitrogen and oxygen atoms in total. The first kappa shape index (κ1) is 14.4. The normalized spacial score (nSPS) is 10.4. The van der Waals surface area contributed by atoms with E-state index in [1.807, 2.05) is 20.8 Å². The van der Waals surface area contributed by atoms with Gasteiger partial charge in [-0.05, 0) is 6.42 Å². The van der Waals surface area contributed by atoms with Gasteiger partial charge in [0.1, 0.15) is 6.42 Å². The summed E-state index contributed by atoms with van der Waals surface area (Å²) in [6.45, 7) is 6.54. The van der Waals surface area contributed by atoms with Crippen LogP contribution in [0.2, 0.25) is 0 Å². The molecule has 0 unspecified atom stereocenters. The Morgan fingerprint density at radius 2 is 1.75 bits per heavy atom. The summed E-state index contributed by atoms with van der Waals surface area (Å²) < 4.78 is 0. The monoisotopic (exact) mass is 225 g/mol. The minimum atomic E-state index is -0.385. The van der Waals surface area contributed by atoms with E-state index in [0.717, 1.165) is 0 Å². The van der Waals surface area contributed by atoms with Crippen LogP contribution in [0.15, 0.2) is 0 Å². The second kappa shape index (κ2) is 6.83. The molecule has 16 heavy (non-hydrogen) atoms. The minimum absolute atomic E-state index is 0.00384. The molecule has 0 heterocycles. The number of nitrogens with one attached hydrogen (secondary N) is 2. The van der Waals surface area contributed by atoms with Gasteiger partial charge < -0.3 is 10.6 Å². The molecule has 5 heteroatoms. The van der Waals surface area contributed by atoms with Crippen molar-refractivity contribution >= 4 is 11.8 Å². The van der Waals surface area contributed by atoms with E-state index in [2.05, 4.69) is 10.6 Å².